The van der Waals surface area contributed by atoms with Gasteiger partial charge >= 0.3 is 0 Å². The lowest BCUT2D eigenvalue weighted by atomic mass is 10.1. The van der Waals surface area contributed by atoms with Crippen LogP contribution in [0.3, 0.4) is 0 Å². The van der Waals surface area contributed by atoms with Gasteiger partial charge in [-0.25, -0.2) is 0 Å². The average Bonchev–Trinajstić information content (AvgIpc) is 2.30. The minimum Gasteiger partial charge on any atom is -0.323 e. The van der Waals surface area contributed by atoms with Crippen molar-refractivity contribution >= 4 is 24.0 Å². The third-order valence-electron chi connectivity index (χ3n) is 2.61. The molecule has 1 rings (SSSR count). The Balaban J connectivity index is 0.00000289. The quantitative estimate of drug-likeness (QED) is 0.866. The molecular weight excluding hydrogens is 254 g/mol. The fourth-order valence-corrected chi connectivity index (χ4v) is 1.38. The van der Waals surface area contributed by atoms with Crippen molar-refractivity contribution in [3.05, 3.63) is 28.7 Å². The molecule has 0 spiro atoms. The van der Waals surface area contributed by atoms with Crippen molar-refractivity contribution in [2.75, 3.05) is 5.32 Å². The second kappa shape index (κ2) is 7.18. The summed E-state index contributed by atoms with van der Waals surface area (Å²) >= 11 is 0. The van der Waals surface area contributed by atoms with Crippen LogP contribution in [0, 0.1) is 5.92 Å². The van der Waals surface area contributed by atoms with Crippen molar-refractivity contribution in [3.8, 4) is 0 Å². The zero-order chi connectivity index (χ0) is 13.0. The van der Waals surface area contributed by atoms with Gasteiger partial charge in [0.05, 0.1) is 11.7 Å². The number of aryl methyl sites for hydroxylation is 1. The summed E-state index contributed by atoms with van der Waals surface area (Å²) < 4.78 is 1.52. The van der Waals surface area contributed by atoms with Gasteiger partial charge in [-0.15, -0.1) is 12.4 Å². The van der Waals surface area contributed by atoms with Crippen LogP contribution in [0.1, 0.15) is 20.8 Å². The molecule has 0 saturated carbocycles. The Kier molecular flexibility index (Phi) is 6.65. The SMILES string of the molecule is CCn1cc(NC(=O)C(N)C(C)C)ccc1=O.Cl. The summed E-state index contributed by atoms with van der Waals surface area (Å²) in [6.45, 7) is 6.21. The van der Waals surface area contributed by atoms with E-state index in [-0.39, 0.29) is 29.8 Å². The number of nitrogens with one attached hydrogen (secondary N) is 1. The van der Waals surface area contributed by atoms with Gasteiger partial charge in [0.2, 0.25) is 5.91 Å². The molecule has 5 nitrogen and oxygen atoms in total. The number of hydrogen-bond donors (Lipinski definition) is 2. The van der Waals surface area contributed by atoms with Crippen LogP contribution in [-0.4, -0.2) is 16.5 Å². The van der Waals surface area contributed by atoms with E-state index in [9.17, 15) is 9.59 Å². The zero-order valence-electron chi connectivity index (χ0n) is 10.8. The first-order valence-corrected chi connectivity index (χ1v) is 5.72. The minimum absolute atomic E-state index is 0. The van der Waals surface area contributed by atoms with Crippen molar-refractivity contribution in [1.29, 1.82) is 0 Å². The Morgan fingerprint density at radius 2 is 2.06 bits per heavy atom. The van der Waals surface area contributed by atoms with Crippen LogP contribution in [0.15, 0.2) is 23.1 Å². The molecule has 3 N–H and O–H groups in total. The zero-order valence-corrected chi connectivity index (χ0v) is 11.7. The van der Waals surface area contributed by atoms with Crippen molar-refractivity contribution in [3.63, 3.8) is 0 Å². The highest BCUT2D eigenvalue weighted by Gasteiger charge is 2.17. The molecule has 1 heterocycles. The molecule has 18 heavy (non-hydrogen) atoms. The number of rotatable bonds is 4. The van der Waals surface area contributed by atoms with E-state index in [1.807, 2.05) is 20.8 Å². The first-order chi connectivity index (χ1) is 7.95. The van der Waals surface area contributed by atoms with E-state index < -0.39 is 6.04 Å². The van der Waals surface area contributed by atoms with Crippen LogP contribution in [0.25, 0.3) is 0 Å². The van der Waals surface area contributed by atoms with E-state index in [2.05, 4.69) is 5.32 Å². The molecule has 0 saturated heterocycles. The molecule has 1 aromatic rings. The number of anilines is 1. The smallest absolute Gasteiger partial charge is 0.250 e. The number of carbonyl (C=O) groups is 1. The molecule has 0 radical (unpaired) electrons. The Morgan fingerprint density at radius 1 is 1.44 bits per heavy atom. The lowest BCUT2D eigenvalue weighted by Gasteiger charge is -2.15. The van der Waals surface area contributed by atoms with Gasteiger partial charge in [0.1, 0.15) is 0 Å². The molecular formula is C12H20ClN3O2. The second-order valence-electron chi connectivity index (χ2n) is 4.30. The molecule has 102 valence electrons. The van der Waals surface area contributed by atoms with E-state index in [4.69, 9.17) is 5.73 Å². The van der Waals surface area contributed by atoms with Gasteiger partial charge in [-0.1, -0.05) is 13.8 Å². The van der Waals surface area contributed by atoms with E-state index in [0.717, 1.165) is 0 Å². The van der Waals surface area contributed by atoms with Crippen molar-refractivity contribution in [2.45, 2.75) is 33.4 Å². The molecule has 0 fully saturated rings. The van der Waals surface area contributed by atoms with Gasteiger partial charge in [0, 0.05) is 18.8 Å². The minimum atomic E-state index is -0.544. The summed E-state index contributed by atoms with van der Waals surface area (Å²) in [5, 5.41) is 2.70. The van der Waals surface area contributed by atoms with E-state index >= 15 is 0 Å². The normalized spacial score (nSPS) is 11.8. The number of nitrogens with zero attached hydrogens (tertiary/aromatic N) is 1. The molecule has 0 bridgehead atoms. The van der Waals surface area contributed by atoms with Crippen LogP contribution in [0.2, 0.25) is 0 Å². The summed E-state index contributed by atoms with van der Waals surface area (Å²) in [5.41, 5.74) is 6.23. The first-order valence-electron chi connectivity index (χ1n) is 5.72. The maximum absolute atomic E-state index is 11.7. The van der Waals surface area contributed by atoms with Gasteiger partial charge in [0.25, 0.3) is 5.56 Å². The molecule has 6 heteroatoms. The highest BCUT2D eigenvalue weighted by molar-refractivity contribution is 5.94. The summed E-state index contributed by atoms with van der Waals surface area (Å²) in [6, 6.07) is 2.47. The summed E-state index contributed by atoms with van der Waals surface area (Å²) in [4.78, 5) is 23.1. The molecule has 0 aliphatic rings. The number of amides is 1. The summed E-state index contributed by atoms with van der Waals surface area (Å²) in [6.07, 6.45) is 1.62. The number of aromatic nitrogens is 1. The largest absolute Gasteiger partial charge is 0.323 e. The Labute approximate surface area is 113 Å². The number of pyridine rings is 1. The number of hydrogen-bond acceptors (Lipinski definition) is 3. The predicted molar refractivity (Wildman–Crippen MR) is 75.1 cm³/mol. The highest BCUT2D eigenvalue weighted by atomic mass is 35.5. The van der Waals surface area contributed by atoms with E-state index in [1.54, 1.807) is 12.3 Å². The molecule has 0 aliphatic heterocycles. The lowest BCUT2D eigenvalue weighted by Crippen LogP contribution is -2.40. The van der Waals surface area contributed by atoms with Crippen molar-refractivity contribution in [1.82, 2.24) is 4.57 Å². The van der Waals surface area contributed by atoms with Gasteiger partial charge in [-0.3, -0.25) is 9.59 Å². The second-order valence-corrected chi connectivity index (χ2v) is 4.30. The molecule has 1 amide bonds. The third-order valence-corrected chi connectivity index (χ3v) is 2.61. The Hall–Kier alpha value is -1.33. The number of halogens is 1. The standard InChI is InChI=1S/C12H19N3O2.ClH/c1-4-15-7-9(5-6-10(15)16)14-12(17)11(13)8(2)3;/h5-8,11H,4,13H2,1-3H3,(H,14,17);1H. The molecule has 0 aliphatic carbocycles. The molecule has 1 atom stereocenters. The first kappa shape index (κ1) is 16.7. The van der Waals surface area contributed by atoms with Crippen LogP contribution < -0.4 is 16.6 Å². The molecule has 1 aromatic heterocycles. The molecule has 0 aromatic carbocycles. The van der Waals surface area contributed by atoms with Gasteiger partial charge in [0.15, 0.2) is 0 Å². The van der Waals surface area contributed by atoms with E-state index in [0.29, 0.717) is 12.2 Å². The highest BCUT2D eigenvalue weighted by Crippen LogP contribution is 2.06. The Morgan fingerprint density at radius 3 is 2.56 bits per heavy atom. The fourth-order valence-electron chi connectivity index (χ4n) is 1.38. The van der Waals surface area contributed by atoms with Gasteiger partial charge in [-0.2, -0.15) is 0 Å². The fraction of sp³-hybridized carbons (Fsp3) is 0.500. The summed E-state index contributed by atoms with van der Waals surface area (Å²) in [7, 11) is 0. The van der Waals surface area contributed by atoms with Crippen molar-refractivity contribution < 1.29 is 4.79 Å². The maximum atomic E-state index is 11.7. The monoisotopic (exact) mass is 273 g/mol. The third kappa shape index (κ3) is 4.16. The molecule has 1 unspecified atom stereocenters. The summed E-state index contributed by atoms with van der Waals surface area (Å²) in [5.74, 6) is -0.159. The van der Waals surface area contributed by atoms with Crippen LogP contribution >= 0.6 is 12.4 Å². The van der Waals surface area contributed by atoms with E-state index in [1.165, 1.54) is 10.6 Å². The average molecular weight is 274 g/mol. The van der Waals surface area contributed by atoms with Gasteiger partial charge in [-0.05, 0) is 18.9 Å². The van der Waals surface area contributed by atoms with Gasteiger partial charge < -0.3 is 15.6 Å². The van der Waals surface area contributed by atoms with Crippen LogP contribution in [0.5, 0.6) is 0 Å². The number of nitrogens with two attached hydrogens (primary N) is 1. The van der Waals surface area contributed by atoms with Crippen LogP contribution in [0.4, 0.5) is 5.69 Å². The van der Waals surface area contributed by atoms with Crippen LogP contribution in [-0.2, 0) is 11.3 Å². The lowest BCUT2D eigenvalue weighted by molar-refractivity contribution is -0.118. The maximum Gasteiger partial charge on any atom is 0.250 e. The number of carbonyl (C=O) groups excluding carboxylic acids is 1. The topological polar surface area (TPSA) is 77.1 Å². The predicted octanol–water partition coefficient (Wildman–Crippen LogP) is 1.21. The Bertz CT molecular complexity index is 457. The van der Waals surface area contributed by atoms with Crippen molar-refractivity contribution in [2.24, 2.45) is 11.7 Å².